The van der Waals surface area contributed by atoms with Crippen LogP contribution in [-0.2, 0) is 14.2 Å². The fraction of sp³-hybridized carbons (Fsp3) is 0.622. The summed E-state index contributed by atoms with van der Waals surface area (Å²) in [5.74, 6) is 0.655. The molecule has 0 bridgehead atoms. The number of methoxy groups -OCH3 is 3. The fourth-order valence-corrected chi connectivity index (χ4v) is 4.51. The number of hydrogen-bond acceptors (Lipinski definition) is 8. The monoisotopic (exact) mass is 698 g/mol. The molecule has 2 aromatic rings. The molecule has 1 N–H and O–H groups in total. The second-order valence-corrected chi connectivity index (χ2v) is 10.8. The van der Waals surface area contributed by atoms with Crippen molar-refractivity contribution in [1.82, 2.24) is 0 Å². The predicted octanol–water partition coefficient (Wildman–Crippen LogP) is 9.83. The first-order chi connectivity index (χ1) is 22.4. The molecule has 0 aliphatic heterocycles. The molecule has 0 spiro atoms. The van der Waals surface area contributed by atoms with Crippen molar-refractivity contribution in [2.45, 2.75) is 117 Å². The van der Waals surface area contributed by atoms with Gasteiger partial charge >= 0.3 is 11.9 Å². The summed E-state index contributed by atoms with van der Waals surface area (Å²) >= 11 is 0. The number of carbonyl (C=O) groups is 2. The Balaban J connectivity index is 0. The van der Waals surface area contributed by atoms with Crippen LogP contribution in [0.4, 0.5) is 0 Å². The summed E-state index contributed by atoms with van der Waals surface area (Å²) in [5.41, 5.74) is 1.01. The molecule has 8 nitrogen and oxygen atoms in total. The Hall–Kier alpha value is -2.24. The topological polar surface area (TPSA) is 101 Å². The summed E-state index contributed by atoms with van der Waals surface area (Å²) in [4.78, 5) is 22.6. The summed E-state index contributed by atoms with van der Waals surface area (Å²) in [6.07, 6.45) is 16.9. The van der Waals surface area contributed by atoms with Crippen LogP contribution < -0.4 is 9.47 Å². The first kappa shape index (κ1) is 46.9. The number of unbranched alkanes of at least 4 members (excludes halogenated alkanes) is 12. The van der Waals surface area contributed by atoms with E-state index in [1.165, 1.54) is 84.8 Å². The van der Waals surface area contributed by atoms with Crippen LogP contribution in [0, 0.1) is 0 Å². The van der Waals surface area contributed by atoms with Crippen LogP contribution in [0.5, 0.6) is 11.5 Å². The molecule has 0 aliphatic rings. The largest absolute Gasteiger partial charge is 0.494 e. The molecule has 0 aromatic heterocycles. The highest BCUT2D eigenvalue weighted by Gasteiger charge is 2.08. The zero-order valence-corrected chi connectivity index (χ0v) is 31.0. The van der Waals surface area contributed by atoms with Gasteiger partial charge in [-0.05, 0) is 67.8 Å². The van der Waals surface area contributed by atoms with Crippen molar-refractivity contribution in [3.63, 3.8) is 0 Å². The van der Waals surface area contributed by atoms with Crippen LogP contribution >= 0.6 is 17.9 Å². The lowest BCUT2D eigenvalue weighted by Crippen LogP contribution is -2.15. The van der Waals surface area contributed by atoms with E-state index in [1.807, 2.05) is 12.1 Å². The van der Waals surface area contributed by atoms with E-state index in [1.54, 1.807) is 43.5 Å². The van der Waals surface area contributed by atoms with Gasteiger partial charge in [-0.15, -0.1) is 17.9 Å². The number of carbonyl (C=O) groups excluding carboxylic acids is 2. The third kappa shape index (κ3) is 25.4. The van der Waals surface area contributed by atoms with Crippen LogP contribution in [0.15, 0.2) is 48.5 Å². The second-order valence-electron chi connectivity index (χ2n) is 10.8. The van der Waals surface area contributed by atoms with Gasteiger partial charge < -0.3 is 28.8 Å². The standard InChI is InChI=1S/2C18H28O4.CH4.H4P2/c1-20-14-8-6-4-3-5-7-9-15-22-17-12-10-16(11-13-17)18(19)21-2;1-3-4-5-6-7-8-9-10-17(19)22-16-13-11-15(12-14-16)18(20)21-2;;1-2/h10-13H,3-9,14-15H2,1-2H3;11-14,17,19H,3-10H2,1-2H3;1H4;1-2H2. The van der Waals surface area contributed by atoms with E-state index in [-0.39, 0.29) is 19.4 Å². The Morgan fingerprint density at radius 1 is 0.617 bits per heavy atom. The highest BCUT2D eigenvalue weighted by atomic mass is 32.0. The molecule has 270 valence electrons. The molecule has 3 atom stereocenters. The lowest BCUT2D eigenvalue weighted by Gasteiger charge is -2.13. The molecular formula is C37H64O8P2. The molecule has 0 fully saturated rings. The molecular weight excluding hydrogens is 634 g/mol. The zero-order valence-electron chi connectivity index (χ0n) is 28.7. The molecule has 0 saturated heterocycles. The van der Waals surface area contributed by atoms with Gasteiger partial charge in [-0.25, -0.2) is 9.59 Å². The Morgan fingerprint density at radius 2 is 1.02 bits per heavy atom. The average Bonchev–Trinajstić information content (AvgIpc) is 3.09. The van der Waals surface area contributed by atoms with E-state index in [0.29, 0.717) is 23.3 Å². The Kier molecular flexibility index (Phi) is 33.6. The summed E-state index contributed by atoms with van der Waals surface area (Å²) in [5, 5.41) is 9.85. The third-order valence-electron chi connectivity index (χ3n) is 7.14. The molecule has 0 amide bonds. The smallest absolute Gasteiger partial charge is 0.337 e. The van der Waals surface area contributed by atoms with Crippen molar-refractivity contribution in [3.05, 3.63) is 59.7 Å². The number of benzene rings is 2. The maximum atomic E-state index is 11.3. The van der Waals surface area contributed by atoms with Gasteiger partial charge in [0.15, 0.2) is 6.29 Å². The van der Waals surface area contributed by atoms with E-state index in [9.17, 15) is 14.7 Å². The molecule has 2 aromatic carbocycles. The van der Waals surface area contributed by atoms with Crippen molar-refractivity contribution in [2.24, 2.45) is 0 Å². The summed E-state index contributed by atoms with van der Waals surface area (Å²) < 4.78 is 25.4. The van der Waals surface area contributed by atoms with Gasteiger partial charge in [0.1, 0.15) is 11.5 Å². The van der Waals surface area contributed by atoms with Gasteiger partial charge in [-0.2, -0.15) is 0 Å². The minimum Gasteiger partial charge on any atom is -0.494 e. The third-order valence-corrected chi connectivity index (χ3v) is 7.14. The van der Waals surface area contributed by atoms with Crippen molar-refractivity contribution < 1.29 is 38.4 Å². The number of hydrogen-bond donors (Lipinski definition) is 1. The van der Waals surface area contributed by atoms with Crippen LogP contribution in [-0.4, -0.2) is 57.9 Å². The van der Waals surface area contributed by atoms with Gasteiger partial charge in [0.05, 0.1) is 32.0 Å². The molecule has 2 rings (SSSR count). The Morgan fingerprint density at radius 3 is 1.47 bits per heavy atom. The van der Waals surface area contributed by atoms with Crippen LogP contribution in [0.1, 0.15) is 131 Å². The number of rotatable bonds is 23. The van der Waals surface area contributed by atoms with E-state index in [2.05, 4.69) is 34.3 Å². The summed E-state index contributed by atoms with van der Waals surface area (Å²) in [6, 6.07) is 13.6. The maximum Gasteiger partial charge on any atom is 0.337 e. The fourth-order valence-electron chi connectivity index (χ4n) is 4.51. The van der Waals surface area contributed by atoms with Crippen LogP contribution in [0.3, 0.4) is 0 Å². The Labute approximate surface area is 290 Å². The summed E-state index contributed by atoms with van der Waals surface area (Å²) in [6.45, 7) is 3.81. The van der Waals surface area contributed by atoms with Crippen molar-refractivity contribution >= 4 is 29.8 Å². The average molecular weight is 699 g/mol. The maximum absolute atomic E-state index is 11.3. The predicted molar refractivity (Wildman–Crippen MR) is 201 cm³/mol. The molecule has 3 unspecified atom stereocenters. The lowest BCUT2D eigenvalue weighted by atomic mass is 10.1. The Bertz CT molecular complexity index is 987. The molecule has 0 saturated carbocycles. The first-order valence-corrected chi connectivity index (χ1v) is 19.3. The van der Waals surface area contributed by atoms with Crippen molar-refractivity contribution in [3.8, 4) is 11.5 Å². The van der Waals surface area contributed by atoms with E-state index < -0.39 is 6.29 Å². The molecule has 10 heteroatoms. The first-order valence-electron chi connectivity index (χ1n) is 16.6. The lowest BCUT2D eigenvalue weighted by molar-refractivity contribution is -0.0246. The number of aliphatic hydroxyl groups excluding tert-OH is 1. The summed E-state index contributed by atoms with van der Waals surface area (Å²) in [7, 11) is 9.14. The van der Waals surface area contributed by atoms with Crippen molar-refractivity contribution in [1.29, 1.82) is 0 Å². The normalized spacial score (nSPS) is 10.6. The molecule has 0 radical (unpaired) electrons. The zero-order chi connectivity index (χ0) is 34.3. The number of ether oxygens (including phenoxy) is 5. The van der Waals surface area contributed by atoms with Crippen molar-refractivity contribution in [2.75, 3.05) is 34.5 Å². The SMILES string of the molecule is C.CCCCCCCCCC(O)Oc1ccc(C(=O)OC)cc1.COCCCCCCCCCOc1ccc(C(=O)OC)cc1.PP. The van der Waals surface area contributed by atoms with E-state index in [4.69, 9.17) is 14.2 Å². The molecule has 0 heterocycles. The van der Waals surface area contributed by atoms with Crippen LogP contribution in [0.25, 0.3) is 0 Å². The molecule has 47 heavy (non-hydrogen) atoms. The van der Waals surface area contributed by atoms with Gasteiger partial charge in [-0.3, -0.25) is 0 Å². The molecule has 0 aliphatic carbocycles. The highest BCUT2D eigenvalue weighted by molar-refractivity contribution is 7.92. The second kappa shape index (κ2) is 33.7. The quantitative estimate of drug-likeness (QED) is 0.0530. The minimum absolute atomic E-state index is 0. The van der Waals surface area contributed by atoms with E-state index >= 15 is 0 Å². The van der Waals surface area contributed by atoms with Crippen LogP contribution in [0.2, 0.25) is 0 Å². The van der Waals surface area contributed by atoms with Gasteiger partial charge in [0.2, 0.25) is 0 Å². The van der Waals surface area contributed by atoms with Gasteiger partial charge in [-0.1, -0.05) is 85.0 Å². The van der Waals surface area contributed by atoms with E-state index in [0.717, 1.165) is 38.2 Å². The van der Waals surface area contributed by atoms with Gasteiger partial charge in [0.25, 0.3) is 0 Å². The van der Waals surface area contributed by atoms with Gasteiger partial charge in [0, 0.05) is 20.1 Å². The minimum atomic E-state index is -0.792. The highest BCUT2D eigenvalue weighted by Crippen LogP contribution is 2.17. The number of aliphatic hydroxyl groups is 1. The number of esters is 2.